The second kappa shape index (κ2) is 5.68. The number of anilines is 2. The maximum atomic E-state index is 11.2. The van der Waals surface area contributed by atoms with Crippen LogP contribution >= 0.6 is 0 Å². The van der Waals surface area contributed by atoms with Crippen LogP contribution in [0.4, 0.5) is 11.4 Å². The van der Waals surface area contributed by atoms with Gasteiger partial charge in [0.15, 0.2) is 0 Å². The summed E-state index contributed by atoms with van der Waals surface area (Å²) in [6.45, 7) is 3.79. The van der Waals surface area contributed by atoms with Gasteiger partial charge in [-0.15, -0.1) is 0 Å². The van der Waals surface area contributed by atoms with Gasteiger partial charge in [0.05, 0.1) is 11.8 Å². The zero-order valence-corrected chi connectivity index (χ0v) is 12.4. The van der Waals surface area contributed by atoms with Gasteiger partial charge < -0.3 is 16.2 Å². The van der Waals surface area contributed by atoms with Crippen molar-refractivity contribution in [2.45, 2.75) is 19.4 Å². The lowest BCUT2D eigenvalue weighted by Gasteiger charge is -2.26. The molecule has 1 aromatic carbocycles. The zero-order chi connectivity index (χ0) is 15.6. The van der Waals surface area contributed by atoms with Crippen molar-refractivity contribution in [3.63, 3.8) is 0 Å². The summed E-state index contributed by atoms with van der Waals surface area (Å²) in [5.74, 6) is -1.09. The zero-order valence-electron chi connectivity index (χ0n) is 11.6. The molecular weight excluding hydrogens is 282 g/mol. The number of nitrogen functional groups attached to an aromatic ring is 1. The lowest BCUT2D eigenvalue weighted by Crippen LogP contribution is -2.47. The molecule has 0 saturated carbocycles. The van der Waals surface area contributed by atoms with Gasteiger partial charge in [-0.1, -0.05) is 0 Å². The molecule has 0 radical (unpaired) electrons. The number of nitrogens with one attached hydrogen (secondary N) is 2. The second-order valence-electron chi connectivity index (χ2n) is 5.22. The second-order valence-corrected chi connectivity index (χ2v) is 6.97. The molecule has 7 nitrogen and oxygen atoms in total. The van der Waals surface area contributed by atoms with Crippen molar-refractivity contribution in [3.05, 3.63) is 23.8 Å². The van der Waals surface area contributed by atoms with Crippen molar-refractivity contribution in [1.29, 1.82) is 0 Å². The van der Waals surface area contributed by atoms with Gasteiger partial charge >= 0.3 is 5.97 Å². The molecule has 0 aliphatic rings. The molecule has 0 aliphatic carbocycles. The van der Waals surface area contributed by atoms with E-state index in [2.05, 4.69) is 10.0 Å². The monoisotopic (exact) mass is 301 g/mol. The van der Waals surface area contributed by atoms with E-state index in [1.165, 1.54) is 12.1 Å². The van der Waals surface area contributed by atoms with Crippen LogP contribution < -0.4 is 15.8 Å². The van der Waals surface area contributed by atoms with E-state index in [1.807, 2.05) is 0 Å². The minimum Gasteiger partial charge on any atom is -0.478 e. The highest BCUT2D eigenvalue weighted by Gasteiger charge is 2.21. The first-order chi connectivity index (χ1) is 9.00. The van der Waals surface area contributed by atoms with E-state index in [1.54, 1.807) is 19.9 Å². The predicted molar refractivity (Wildman–Crippen MR) is 78.4 cm³/mol. The molecule has 112 valence electrons. The van der Waals surface area contributed by atoms with Crippen LogP contribution in [-0.4, -0.2) is 37.8 Å². The van der Waals surface area contributed by atoms with Crippen molar-refractivity contribution in [3.8, 4) is 0 Å². The maximum absolute atomic E-state index is 11.2. The fourth-order valence-corrected chi connectivity index (χ4v) is 2.80. The van der Waals surface area contributed by atoms with Gasteiger partial charge in [0.1, 0.15) is 0 Å². The van der Waals surface area contributed by atoms with E-state index >= 15 is 0 Å². The Bertz CT molecular complexity index is 611. The van der Waals surface area contributed by atoms with Crippen LogP contribution in [0.2, 0.25) is 0 Å². The number of sulfonamides is 1. The highest BCUT2D eigenvalue weighted by Crippen LogP contribution is 2.18. The Morgan fingerprint density at radius 2 is 2.00 bits per heavy atom. The third kappa shape index (κ3) is 5.06. The highest BCUT2D eigenvalue weighted by molar-refractivity contribution is 7.88. The molecule has 0 amide bonds. The maximum Gasteiger partial charge on any atom is 0.337 e. The van der Waals surface area contributed by atoms with Crippen LogP contribution in [0.5, 0.6) is 0 Å². The number of hydrogen-bond acceptors (Lipinski definition) is 5. The summed E-state index contributed by atoms with van der Waals surface area (Å²) in [5.41, 5.74) is 5.75. The molecule has 1 rings (SSSR count). The quantitative estimate of drug-likeness (QED) is 0.574. The van der Waals surface area contributed by atoms with E-state index < -0.39 is 21.5 Å². The molecule has 0 atom stereocenters. The molecule has 20 heavy (non-hydrogen) atoms. The average Bonchev–Trinajstić information content (AvgIpc) is 2.22. The van der Waals surface area contributed by atoms with Crippen LogP contribution in [0, 0.1) is 0 Å². The Kier molecular flexibility index (Phi) is 4.61. The van der Waals surface area contributed by atoms with Crippen LogP contribution in [0.25, 0.3) is 0 Å². The van der Waals surface area contributed by atoms with E-state index in [0.717, 1.165) is 6.26 Å². The molecule has 8 heteroatoms. The van der Waals surface area contributed by atoms with Crippen molar-refractivity contribution in [2.24, 2.45) is 0 Å². The lowest BCUT2D eigenvalue weighted by atomic mass is 10.1. The molecular formula is C12H19N3O4S. The Hall–Kier alpha value is -1.80. The summed E-state index contributed by atoms with van der Waals surface area (Å²) in [6.07, 6.45) is 1.09. The normalized spacial score (nSPS) is 12.2. The van der Waals surface area contributed by atoms with Gasteiger partial charge in [-0.3, -0.25) is 0 Å². The number of aromatic carboxylic acids is 1. The van der Waals surface area contributed by atoms with E-state index in [-0.39, 0.29) is 11.3 Å². The summed E-state index contributed by atoms with van der Waals surface area (Å²) in [5, 5.41) is 11.9. The molecule has 0 saturated heterocycles. The fraction of sp³-hybridized carbons (Fsp3) is 0.417. The van der Waals surface area contributed by atoms with Gasteiger partial charge in [0.2, 0.25) is 10.0 Å². The van der Waals surface area contributed by atoms with Crippen LogP contribution in [-0.2, 0) is 10.0 Å². The summed E-state index contributed by atoms with van der Waals surface area (Å²) < 4.78 is 24.9. The van der Waals surface area contributed by atoms with Crippen LogP contribution in [0.15, 0.2) is 18.2 Å². The van der Waals surface area contributed by atoms with Gasteiger partial charge in [0, 0.05) is 23.5 Å². The van der Waals surface area contributed by atoms with E-state index in [9.17, 15) is 13.2 Å². The number of nitrogens with two attached hydrogens (primary N) is 1. The number of carboxylic acids is 1. The summed E-state index contributed by atoms with van der Waals surface area (Å²) in [4.78, 5) is 10.8. The Balaban J connectivity index is 2.76. The Labute approximate surface area is 118 Å². The number of carbonyl (C=O) groups is 1. The standard InChI is InChI=1S/C12H19N3O4S/c1-12(2,15-20(3,18)19)7-14-8-4-5-9(11(16)17)10(13)6-8/h4-6,14-15H,7,13H2,1-3H3,(H,16,17). The molecule has 0 aliphatic heterocycles. The molecule has 0 unspecified atom stereocenters. The van der Waals surface area contributed by atoms with Crippen molar-refractivity contribution < 1.29 is 18.3 Å². The number of benzene rings is 1. The fourth-order valence-electron chi connectivity index (χ4n) is 1.73. The van der Waals surface area contributed by atoms with Gasteiger partial charge in [0.25, 0.3) is 0 Å². The number of carboxylic acid groups (broad SMARTS) is 1. The minimum absolute atomic E-state index is 0.0315. The molecule has 0 aromatic heterocycles. The number of hydrogen-bond donors (Lipinski definition) is 4. The first-order valence-electron chi connectivity index (χ1n) is 5.86. The molecule has 0 bridgehead atoms. The SMILES string of the molecule is CC(C)(CNc1ccc(C(=O)O)c(N)c1)NS(C)(=O)=O. The summed E-state index contributed by atoms with van der Waals surface area (Å²) in [6, 6.07) is 4.48. The first kappa shape index (κ1) is 16.3. The predicted octanol–water partition coefficient (Wildman–Crippen LogP) is 0.707. The lowest BCUT2D eigenvalue weighted by molar-refractivity contribution is 0.0698. The molecule has 0 spiro atoms. The van der Waals surface area contributed by atoms with Gasteiger partial charge in [-0.25, -0.2) is 17.9 Å². The summed E-state index contributed by atoms with van der Waals surface area (Å²) >= 11 is 0. The average molecular weight is 301 g/mol. The van der Waals surface area contributed by atoms with E-state index in [0.29, 0.717) is 12.2 Å². The van der Waals surface area contributed by atoms with Crippen LogP contribution in [0.3, 0.4) is 0 Å². The molecule has 0 fully saturated rings. The first-order valence-corrected chi connectivity index (χ1v) is 7.75. The van der Waals surface area contributed by atoms with Crippen molar-refractivity contribution >= 4 is 27.4 Å². The summed E-state index contributed by atoms with van der Waals surface area (Å²) in [7, 11) is -3.30. The highest BCUT2D eigenvalue weighted by atomic mass is 32.2. The Morgan fingerprint density at radius 3 is 2.45 bits per heavy atom. The van der Waals surface area contributed by atoms with Crippen molar-refractivity contribution in [1.82, 2.24) is 4.72 Å². The third-order valence-electron chi connectivity index (χ3n) is 2.48. The third-order valence-corrected chi connectivity index (χ3v) is 3.40. The Morgan fingerprint density at radius 1 is 1.40 bits per heavy atom. The molecule has 0 heterocycles. The smallest absolute Gasteiger partial charge is 0.337 e. The molecule has 1 aromatic rings. The topological polar surface area (TPSA) is 122 Å². The number of rotatable bonds is 6. The largest absolute Gasteiger partial charge is 0.478 e. The van der Waals surface area contributed by atoms with Gasteiger partial charge in [-0.2, -0.15) is 0 Å². The van der Waals surface area contributed by atoms with E-state index in [4.69, 9.17) is 10.8 Å². The molecule has 5 N–H and O–H groups in total. The van der Waals surface area contributed by atoms with Crippen LogP contribution in [0.1, 0.15) is 24.2 Å². The van der Waals surface area contributed by atoms with Gasteiger partial charge in [-0.05, 0) is 32.0 Å². The minimum atomic E-state index is -3.30. The van der Waals surface area contributed by atoms with Crippen molar-refractivity contribution in [2.75, 3.05) is 23.9 Å².